The number of benzene rings is 1. The van der Waals surface area contributed by atoms with E-state index in [1.54, 1.807) is 6.20 Å². The van der Waals surface area contributed by atoms with Crippen molar-refractivity contribution in [3.05, 3.63) is 40.8 Å². The van der Waals surface area contributed by atoms with Gasteiger partial charge in [-0.25, -0.2) is 4.68 Å². The van der Waals surface area contributed by atoms with Gasteiger partial charge >= 0.3 is 0 Å². The summed E-state index contributed by atoms with van der Waals surface area (Å²) >= 11 is 0. The number of para-hydroxylation sites is 1. The maximum absolute atomic E-state index is 12.0. The Morgan fingerprint density at radius 1 is 1.29 bits per heavy atom. The molecule has 5 nitrogen and oxygen atoms in total. The molecule has 0 saturated heterocycles. The summed E-state index contributed by atoms with van der Waals surface area (Å²) in [6, 6.07) is 7.71. The fourth-order valence-corrected chi connectivity index (χ4v) is 2.03. The summed E-state index contributed by atoms with van der Waals surface area (Å²) in [7, 11) is 0. The van der Waals surface area contributed by atoms with Crippen molar-refractivity contribution in [1.82, 2.24) is 14.8 Å². The molecular formula is C12H11N3O2. The monoisotopic (exact) mass is 229 g/mol. The van der Waals surface area contributed by atoms with Gasteiger partial charge in [-0.2, -0.15) is 5.10 Å². The third kappa shape index (κ3) is 1.43. The number of rotatable bonds is 2. The highest BCUT2D eigenvalue weighted by Crippen LogP contribution is 2.21. The number of hydrogen-bond donors (Lipinski definition) is 2. The van der Waals surface area contributed by atoms with E-state index in [4.69, 9.17) is 5.11 Å². The van der Waals surface area contributed by atoms with Crippen LogP contribution in [-0.2, 0) is 6.54 Å². The number of aliphatic hydroxyl groups is 1. The number of hydrogen-bond acceptors (Lipinski definition) is 3. The van der Waals surface area contributed by atoms with Crippen molar-refractivity contribution in [3.63, 3.8) is 0 Å². The van der Waals surface area contributed by atoms with Gasteiger partial charge in [-0.15, -0.1) is 0 Å². The number of nitrogens with zero attached hydrogens (tertiary/aromatic N) is 2. The minimum absolute atomic E-state index is 0.0986. The molecule has 0 unspecified atom stereocenters. The molecule has 0 spiro atoms. The van der Waals surface area contributed by atoms with Crippen LogP contribution in [0.1, 0.15) is 0 Å². The molecule has 0 aliphatic rings. The summed E-state index contributed by atoms with van der Waals surface area (Å²) in [5, 5.41) is 14.7. The van der Waals surface area contributed by atoms with Crippen LogP contribution in [0, 0.1) is 0 Å². The second kappa shape index (κ2) is 3.71. The Bertz CT molecular complexity index is 742. The SMILES string of the molecule is O=c1c2[nH]c3ccccc3c2cnn1CCO. The number of aromatic amines is 1. The Kier molecular flexibility index (Phi) is 2.19. The number of aliphatic hydroxyl groups excluding tert-OH is 1. The third-order valence-electron chi connectivity index (χ3n) is 2.83. The van der Waals surface area contributed by atoms with Crippen LogP contribution in [0.3, 0.4) is 0 Å². The highest BCUT2D eigenvalue weighted by molar-refractivity contribution is 6.06. The number of H-pyrrole nitrogens is 1. The van der Waals surface area contributed by atoms with Crippen LogP contribution in [0.4, 0.5) is 0 Å². The molecule has 1 aromatic carbocycles. The quantitative estimate of drug-likeness (QED) is 0.685. The van der Waals surface area contributed by atoms with E-state index >= 15 is 0 Å². The Hall–Kier alpha value is -2.14. The van der Waals surface area contributed by atoms with Crippen LogP contribution in [0.25, 0.3) is 21.8 Å². The van der Waals surface area contributed by atoms with E-state index in [0.29, 0.717) is 5.52 Å². The highest BCUT2D eigenvalue weighted by atomic mass is 16.3. The predicted molar refractivity (Wildman–Crippen MR) is 64.9 cm³/mol. The summed E-state index contributed by atoms with van der Waals surface area (Å²) in [5.74, 6) is 0. The van der Waals surface area contributed by atoms with Crippen molar-refractivity contribution < 1.29 is 5.11 Å². The van der Waals surface area contributed by atoms with E-state index in [9.17, 15) is 4.79 Å². The van der Waals surface area contributed by atoms with Gasteiger partial charge in [-0.3, -0.25) is 4.79 Å². The standard InChI is InChI=1S/C12H11N3O2/c16-6-5-15-12(17)11-9(7-13-15)8-3-1-2-4-10(8)14-11/h1-4,7,14,16H,5-6H2. The van der Waals surface area contributed by atoms with E-state index in [1.807, 2.05) is 24.3 Å². The molecule has 2 aromatic heterocycles. The molecule has 5 heteroatoms. The average molecular weight is 229 g/mol. The molecule has 0 fully saturated rings. The van der Waals surface area contributed by atoms with Gasteiger partial charge < -0.3 is 10.1 Å². The normalized spacial score (nSPS) is 11.4. The van der Waals surface area contributed by atoms with E-state index in [1.165, 1.54) is 4.68 Å². The fraction of sp³-hybridized carbons (Fsp3) is 0.167. The first-order chi connectivity index (χ1) is 8.31. The number of fused-ring (bicyclic) bond motifs is 3. The lowest BCUT2D eigenvalue weighted by atomic mass is 10.2. The molecule has 3 aromatic rings. The largest absolute Gasteiger partial charge is 0.394 e. The smallest absolute Gasteiger partial charge is 0.291 e. The lowest BCUT2D eigenvalue weighted by Gasteiger charge is -2.00. The molecule has 0 bridgehead atoms. The predicted octanol–water partition coefficient (Wildman–Crippen LogP) is 0.870. The van der Waals surface area contributed by atoms with E-state index in [0.717, 1.165) is 16.3 Å². The molecule has 0 aliphatic heterocycles. The minimum Gasteiger partial charge on any atom is -0.394 e. The number of aromatic nitrogens is 3. The molecule has 0 aliphatic carbocycles. The molecule has 17 heavy (non-hydrogen) atoms. The number of nitrogens with one attached hydrogen (secondary N) is 1. The third-order valence-corrected chi connectivity index (χ3v) is 2.83. The Morgan fingerprint density at radius 2 is 2.12 bits per heavy atom. The van der Waals surface area contributed by atoms with Crippen LogP contribution in [0.5, 0.6) is 0 Å². The average Bonchev–Trinajstić information content (AvgIpc) is 2.73. The molecule has 2 heterocycles. The second-order valence-electron chi connectivity index (χ2n) is 3.86. The van der Waals surface area contributed by atoms with E-state index < -0.39 is 0 Å². The maximum Gasteiger partial charge on any atom is 0.291 e. The van der Waals surface area contributed by atoms with Crippen LogP contribution in [0.15, 0.2) is 35.3 Å². The summed E-state index contributed by atoms with van der Waals surface area (Å²) in [4.78, 5) is 15.1. The first-order valence-electron chi connectivity index (χ1n) is 5.38. The first-order valence-corrected chi connectivity index (χ1v) is 5.38. The van der Waals surface area contributed by atoms with Crippen LogP contribution in [-0.4, -0.2) is 26.5 Å². The van der Waals surface area contributed by atoms with Crippen molar-refractivity contribution >= 4 is 21.8 Å². The van der Waals surface area contributed by atoms with Crippen molar-refractivity contribution in [2.45, 2.75) is 6.54 Å². The summed E-state index contributed by atoms with van der Waals surface area (Å²) in [6.45, 7) is 0.114. The van der Waals surface area contributed by atoms with Gasteiger partial charge in [0.2, 0.25) is 0 Å². The zero-order chi connectivity index (χ0) is 11.8. The van der Waals surface area contributed by atoms with E-state index in [-0.39, 0.29) is 18.7 Å². The molecule has 86 valence electrons. The molecule has 2 N–H and O–H groups in total. The topological polar surface area (TPSA) is 70.9 Å². The molecule has 3 rings (SSSR count). The molecule has 0 atom stereocenters. The second-order valence-corrected chi connectivity index (χ2v) is 3.86. The highest BCUT2D eigenvalue weighted by Gasteiger charge is 2.09. The Labute approximate surface area is 96.3 Å². The van der Waals surface area contributed by atoms with Crippen molar-refractivity contribution in [3.8, 4) is 0 Å². The van der Waals surface area contributed by atoms with Gasteiger partial charge in [-0.1, -0.05) is 18.2 Å². The van der Waals surface area contributed by atoms with Gasteiger partial charge in [0.15, 0.2) is 0 Å². The van der Waals surface area contributed by atoms with Gasteiger partial charge in [0.05, 0.1) is 19.3 Å². The summed E-state index contributed by atoms with van der Waals surface area (Å²) < 4.78 is 1.26. The maximum atomic E-state index is 12.0. The first kappa shape index (κ1) is 10.0. The van der Waals surface area contributed by atoms with Crippen LogP contribution < -0.4 is 5.56 Å². The molecule has 0 saturated carbocycles. The summed E-state index contributed by atoms with van der Waals surface area (Å²) in [6.07, 6.45) is 1.66. The van der Waals surface area contributed by atoms with Crippen LogP contribution >= 0.6 is 0 Å². The zero-order valence-corrected chi connectivity index (χ0v) is 9.05. The summed E-state index contributed by atoms with van der Waals surface area (Å²) in [5.41, 5.74) is 1.26. The van der Waals surface area contributed by atoms with E-state index in [2.05, 4.69) is 10.1 Å². The molecule has 0 amide bonds. The van der Waals surface area contributed by atoms with Gasteiger partial charge in [0.1, 0.15) is 5.52 Å². The van der Waals surface area contributed by atoms with Crippen molar-refractivity contribution in [2.75, 3.05) is 6.61 Å². The van der Waals surface area contributed by atoms with Crippen LogP contribution in [0.2, 0.25) is 0 Å². The van der Waals surface area contributed by atoms with Gasteiger partial charge in [0.25, 0.3) is 5.56 Å². The van der Waals surface area contributed by atoms with Gasteiger partial charge in [-0.05, 0) is 6.07 Å². The Balaban J connectivity index is 2.41. The molecular weight excluding hydrogens is 218 g/mol. The van der Waals surface area contributed by atoms with Crippen molar-refractivity contribution in [1.29, 1.82) is 0 Å². The lowest BCUT2D eigenvalue weighted by molar-refractivity contribution is 0.266. The minimum atomic E-state index is -0.201. The Morgan fingerprint density at radius 3 is 2.94 bits per heavy atom. The lowest BCUT2D eigenvalue weighted by Crippen LogP contribution is -2.24. The fourth-order valence-electron chi connectivity index (χ4n) is 2.03. The van der Waals surface area contributed by atoms with Crippen molar-refractivity contribution in [2.24, 2.45) is 0 Å². The zero-order valence-electron chi connectivity index (χ0n) is 9.05. The molecule has 0 radical (unpaired) electrons. The van der Waals surface area contributed by atoms with Gasteiger partial charge in [0, 0.05) is 16.3 Å².